The predicted octanol–water partition coefficient (Wildman–Crippen LogP) is 2.15. The minimum Gasteiger partial charge on any atom is -0.507 e. The van der Waals surface area contributed by atoms with E-state index < -0.39 is 148 Å². The number of hydrogen-bond donors (Lipinski definition) is 9. The number of imidazole rings is 1. The van der Waals surface area contributed by atoms with Crippen LogP contribution in [0.15, 0.2) is 58.7 Å². The van der Waals surface area contributed by atoms with E-state index in [-0.39, 0.29) is 33.6 Å². The van der Waals surface area contributed by atoms with E-state index in [1.54, 1.807) is 33.8 Å². The average molecular weight is 991 g/mol. The fourth-order valence-corrected chi connectivity index (χ4v) is 9.27. The summed E-state index contributed by atoms with van der Waals surface area (Å²) in [7, 11) is 1.39. The first-order chi connectivity index (χ1) is 33.5. The lowest BCUT2D eigenvalue weighted by Gasteiger charge is -2.38. The molecule has 6 heterocycles. The van der Waals surface area contributed by atoms with Crippen LogP contribution in [0.5, 0.6) is 23.0 Å². The highest BCUT2D eigenvalue weighted by Crippen LogP contribution is 2.55. The number of esters is 1. The van der Waals surface area contributed by atoms with Crippen molar-refractivity contribution in [3.63, 3.8) is 0 Å². The second kappa shape index (κ2) is 20.2. The van der Waals surface area contributed by atoms with E-state index in [2.05, 4.69) is 20.4 Å². The third-order valence-electron chi connectivity index (χ3n) is 13.6. The number of aliphatic hydroxyl groups excluding tert-OH is 5. The number of carbonyl (C=O) groups excluding carboxylic acids is 3. The molecule has 0 saturated carbocycles. The number of allylic oxidation sites excluding steroid dienone is 2. The molecule has 5 bridgehead atoms. The Bertz CT molecular complexity index is 2940. The topological polar surface area (TPSA) is 336 Å². The number of nitrogens with one attached hydrogen (secondary N) is 1. The van der Waals surface area contributed by atoms with E-state index >= 15 is 0 Å². The molecule has 2 aromatic heterocycles. The zero-order valence-electron chi connectivity index (χ0n) is 40.2. The molecule has 13 atom stereocenters. The van der Waals surface area contributed by atoms with Crippen LogP contribution < -0.4 is 15.6 Å². The number of rotatable bonds is 6. The maximum atomic E-state index is 14.6. The van der Waals surface area contributed by atoms with Crippen LogP contribution in [-0.4, -0.2) is 146 Å². The second-order valence-electron chi connectivity index (χ2n) is 18.3. The third kappa shape index (κ3) is 9.25. The molecule has 4 aliphatic heterocycles. The molecule has 1 amide bonds. The van der Waals surface area contributed by atoms with Crippen LogP contribution in [-0.2, 0) is 28.5 Å². The number of carbonyl (C=O) groups is 3. The quantitative estimate of drug-likeness (QED) is 0.0578. The van der Waals surface area contributed by atoms with Gasteiger partial charge in [0.2, 0.25) is 0 Å². The van der Waals surface area contributed by atoms with Crippen LogP contribution in [0, 0.1) is 30.6 Å². The van der Waals surface area contributed by atoms with E-state index in [1.165, 1.54) is 57.6 Å². The summed E-state index contributed by atoms with van der Waals surface area (Å²) in [6.45, 7) is 11.4. The van der Waals surface area contributed by atoms with E-state index in [0.29, 0.717) is 4.68 Å². The number of nitrogens with zero attached hydrogens (tertiary/aromatic N) is 5. The summed E-state index contributed by atoms with van der Waals surface area (Å²) in [4.78, 5) is 63.1. The summed E-state index contributed by atoms with van der Waals surface area (Å²) in [6, 6.07) is 0. The molecule has 23 heteroatoms. The predicted molar refractivity (Wildman–Crippen MR) is 252 cm³/mol. The maximum absolute atomic E-state index is 14.6. The van der Waals surface area contributed by atoms with Gasteiger partial charge in [-0.25, -0.2) is 9.97 Å². The van der Waals surface area contributed by atoms with Gasteiger partial charge in [0.05, 0.1) is 65.9 Å². The van der Waals surface area contributed by atoms with Crippen molar-refractivity contribution in [3.8, 4) is 23.0 Å². The van der Waals surface area contributed by atoms with Gasteiger partial charge in [-0.15, -0.1) is 0 Å². The highest BCUT2D eigenvalue weighted by Gasteiger charge is 2.50. The maximum Gasteiger partial charge on any atom is 0.312 e. The standard InChI is InChI=1S/C48H58N6O17/c1-19-11-10-12-20(2)45(65)52-32-26(15-51-54-18-50-44-33(46(54)66)49-17-53(44)47-40(63)38(61)28(16-55)70-47)37(60)29-30(39(32)62)36(59)24(6)42-31(29)43(64)48(8,71-42)68-14-13-27(67-9)21(3)41(69-25(7)56)23(5)35(58)22(4)34(19)57/h10-15,17-19,21-23,27-28,34-35,38,40-41,47,55,57-63H,16H2,1-9H3,(H,52,65)/t19-,21+,22-,23-,27+,28+,34-,35-,38-,40-,41+,47+,48-/m0/s1. The zero-order chi connectivity index (χ0) is 52.1. The minimum absolute atomic E-state index is 0.0291. The summed E-state index contributed by atoms with van der Waals surface area (Å²) in [5.41, 5.74) is -2.67. The minimum atomic E-state index is -2.19. The zero-order valence-corrected chi connectivity index (χ0v) is 40.2. The van der Waals surface area contributed by atoms with E-state index in [0.717, 1.165) is 25.1 Å². The number of ketones is 1. The van der Waals surface area contributed by atoms with E-state index in [9.17, 15) is 60.0 Å². The van der Waals surface area contributed by atoms with Gasteiger partial charge in [0, 0.05) is 61.2 Å². The monoisotopic (exact) mass is 990 g/mol. The number of fused-ring (bicyclic) bond motifs is 15. The molecule has 2 aromatic carbocycles. The second-order valence-corrected chi connectivity index (χ2v) is 18.3. The van der Waals surface area contributed by atoms with E-state index in [4.69, 9.17) is 23.7 Å². The Balaban J connectivity index is 1.38. The number of aliphatic hydroxyl groups is 5. The summed E-state index contributed by atoms with van der Waals surface area (Å²) < 4.78 is 31.0. The van der Waals surface area contributed by atoms with Gasteiger partial charge < -0.3 is 69.9 Å². The molecule has 382 valence electrons. The lowest BCUT2D eigenvalue weighted by atomic mass is 9.78. The number of ether oxygens (including phenoxy) is 5. The number of phenols is 3. The van der Waals surface area contributed by atoms with Gasteiger partial charge in [-0.05, 0) is 19.9 Å². The average Bonchev–Trinajstić information content (AvgIpc) is 3.98. The first kappa shape index (κ1) is 52.1. The van der Waals surface area contributed by atoms with Crippen molar-refractivity contribution in [2.75, 3.05) is 19.0 Å². The van der Waals surface area contributed by atoms with Gasteiger partial charge in [-0.1, -0.05) is 45.9 Å². The molecule has 0 aliphatic carbocycles. The largest absolute Gasteiger partial charge is 0.507 e. The molecule has 0 spiro atoms. The van der Waals surface area contributed by atoms with Crippen molar-refractivity contribution < 1.29 is 78.9 Å². The van der Waals surface area contributed by atoms with Crippen LogP contribution in [0.4, 0.5) is 5.69 Å². The molecule has 23 nitrogen and oxygen atoms in total. The number of anilines is 1. The lowest BCUT2D eigenvalue weighted by molar-refractivity contribution is -0.160. The van der Waals surface area contributed by atoms with Gasteiger partial charge in [0.15, 0.2) is 23.1 Å². The number of methoxy groups -OCH3 is 1. The van der Waals surface area contributed by atoms with Crippen molar-refractivity contribution in [1.82, 2.24) is 19.2 Å². The van der Waals surface area contributed by atoms with Gasteiger partial charge in [-0.2, -0.15) is 9.78 Å². The summed E-state index contributed by atoms with van der Waals surface area (Å²) in [5, 5.41) is 95.3. The Morgan fingerprint density at radius 3 is 2.27 bits per heavy atom. The molecule has 9 N–H and O–H groups in total. The Morgan fingerprint density at radius 2 is 1.62 bits per heavy atom. The Hall–Kier alpha value is -6.73. The summed E-state index contributed by atoms with van der Waals surface area (Å²) >= 11 is 0. The Kier molecular flexibility index (Phi) is 14.8. The third-order valence-corrected chi connectivity index (χ3v) is 13.6. The molecule has 1 saturated heterocycles. The normalized spacial score (nSPS) is 30.8. The molecule has 0 unspecified atom stereocenters. The fraction of sp³-hybridized carbons (Fsp3) is 0.479. The number of aromatic nitrogens is 4. The molecular formula is C48H58N6O17. The Labute approximate surface area is 405 Å². The molecule has 4 aromatic rings. The number of phenolic OH excluding ortho intramolecular Hbond substituents is 3. The van der Waals surface area contributed by atoms with Gasteiger partial charge in [0.1, 0.15) is 48.0 Å². The van der Waals surface area contributed by atoms with Gasteiger partial charge in [0.25, 0.3) is 11.7 Å². The van der Waals surface area contributed by atoms with Crippen molar-refractivity contribution >= 4 is 51.5 Å². The first-order valence-electron chi connectivity index (χ1n) is 22.7. The SMILES string of the molecule is CO[C@@H]1C=CO[C@@]2(C)Oc3c(C)c(O)c4c(O)c(c(C=Nn5cnc6c(ncn6[C@@H]6O[C@H](CO)[C@H](O)[C@@H]6O)c5=O)c(O)c4c3C2=O)NC(=O)C(C)=CC=C[C@H](C)[C@H](O)[C@H](C)[C@H](O)[C@H](C)[C@H](OC(C)=O)[C@@H]1C. The van der Waals surface area contributed by atoms with E-state index in [1.807, 2.05) is 0 Å². The Morgan fingerprint density at radius 1 is 0.915 bits per heavy atom. The summed E-state index contributed by atoms with van der Waals surface area (Å²) in [5.74, 6) is -9.90. The number of aromatic hydroxyl groups is 3. The molecular weight excluding hydrogens is 933 g/mol. The van der Waals surface area contributed by atoms with Gasteiger partial charge in [-0.3, -0.25) is 23.7 Å². The van der Waals surface area contributed by atoms with Crippen LogP contribution in [0.3, 0.4) is 0 Å². The molecule has 71 heavy (non-hydrogen) atoms. The first-order valence-corrected chi connectivity index (χ1v) is 22.7. The van der Waals surface area contributed by atoms with Crippen LogP contribution in [0.2, 0.25) is 0 Å². The molecule has 4 aliphatic rings. The highest BCUT2D eigenvalue weighted by atomic mass is 16.7. The smallest absolute Gasteiger partial charge is 0.312 e. The highest BCUT2D eigenvalue weighted by molar-refractivity contribution is 6.24. The van der Waals surface area contributed by atoms with Crippen LogP contribution in [0.25, 0.3) is 21.9 Å². The number of benzene rings is 2. The number of Topliss-reactive ketones (excluding diaryl/α,β-unsaturated/α-hetero) is 1. The summed E-state index contributed by atoms with van der Waals surface area (Å²) in [6.07, 6.45) is 0.425. The number of hydrogen-bond acceptors (Lipinski definition) is 20. The van der Waals surface area contributed by atoms with Crippen LogP contribution >= 0.6 is 0 Å². The van der Waals surface area contributed by atoms with Gasteiger partial charge >= 0.3 is 17.3 Å². The lowest BCUT2D eigenvalue weighted by Crippen LogP contribution is -2.46. The number of amides is 1. The van der Waals surface area contributed by atoms with Crippen LogP contribution in [0.1, 0.15) is 76.2 Å². The fourth-order valence-electron chi connectivity index (χ4n) is 9.27. The van der Waals surface area contributed by atoms with Crippen molar-refractivity contribution in [1.29, 1.82) is 0 Å². The molecule has 8 rings (SSSR count). The molecule has 0 radical (unpaired) electrons. The van der Waals surface area contributed by atoms with Crippen molar-refractivity contribution in [2.24, 2.45) is 28.8 Å². The van der Waals surface area contributed by atoms with Crippen molar-refractivity contribution in [3.05, 3.63) is 75.8 Å². The van der Waals surface area contributed by atoms with Crippen molar-refractivity contribution in [2.45, 2.75) is 110 Å². The molecule has 1 fully saturated rings.